The number of nitrogens with two attached hydrogens (primary N) is 2. The molecule has 0 spiro atoms. The van der Waals surface area contributed by atoms with Gasteiger partial charge in [0.05, 0.1) is 29.9 Å². The maximum Gasteiger partial charge on any atom is 0.306 e. The van der Waals surface area contributed by atoms with Gasteiger partial charge in [0.2, 0.25) is 29.4 Å². The molecule has 0 bridgehead atoms. The largest absolute Gasteiger partial charge is 0.460 e. The second kappa shape index (κ2) is 23.8. The topological polar surface area (TPSA) is 251 Å². The van der Waals surface area contributed by atoms with E-state index in [0.717, 1.165) is 5.56 Å². The van der Waals surface area contributed by atoms with Crippen LogP contribution in [-0.2, 0) is 49.6 Å². The molecule has 16 heteroatoms. The van der Waals surface area contributed by atoms with Crippen LogP contribution in [0, 0.1) is 5.92 Å². The van der Waals surface area contributed by atoms with Crippen LogP contribution in [0.4, 0.5) is 0 Å². The molecule has 0 radical (unpaired) electrons. The van der Waals surface area contributed by atoms with E-state index in [0.29, 0.717) is 12.0 Å². The number of rotatable bonds is 24. The molecule has 64 heavy (non-hydrogen) atoms. The average molecular weight is 882 g/mol. The molecule has 1 unspecified atom stereocenters. The van der Waals surface area contributed by atoms with Gasteiger partial charge in [0.25, 0.3) is 5.91 Å². The van der Waals surface area contributed by atoms with Crippen LogP contribution in [0.25, 0.3) is 0 Å². The smallest absolute Gasteiger partial charge is 0.306 e. The van der Waals surface area contributed by atoms with Crippen molar-refractivity contribution in [2.75, 3.05) is 6.54 Å². The number of ketones is 3. The number of ether oxygens (including phenoxy) is 2. The molecule has 5 amide bonds. The molecule has 16 nitrogen and oxygen atoms in total. The van der Waals surface area contributed by atoms with Gasteiger partial charge < -0.3 is 36.5 Å². The van der Waals surface area contributed by atoms with Gasteiger partial charge >= 0.3 is 5.97 Å². The first-order chi connectivity index (χ1) is 30.4. The molecule has 1 heterocycles. The molecule has 5 atom stereocenters. The Hall–Kier alpha value is -6.55. The van der Waals surface area contributed by atoms with Crippen LogP contribution < -0.4 is 22.1 Å². The maximum absolute atomic E-state index is 14.7. The highest BCUT2D eigenvalue weighted by Crippen LogP contribution is 2.28. The number of likely N-dealkylation sites (tertiary alicyclic amines) is 1. The SMILES string of the molecule is CCCC(CC(=O)[C@@H]1C[C@@H](OCc2ccccc2)CN1C(=O)[C@H](CCCC(=O)OC(C)(C)C)NC(=O)c1ccccc1C(N)=O)C(=O)C(=O)CCC(=O)N[C@H](C(N)=O)c1ccccc1. The van der Waals surface area contributed by atoms with Crippen molar-refractivity contribution < 1.29 is 52.6 Å². The number of hydrogen-bond acceptors (Lipinski definition) is 11. The molecule has 3 aromatic rings. The van der Waals surface area contributed by atoms with E-state index in [2.05, 4.69) is 10.6 Å². The summed E-state index contributed by atoms with van der Waals surface area (Å²) in [4.78, 5) is 121. The quantitative estimate of drug-likeness (QED) is 0.0732. The highest BCUT2D eigenvalue weighted by Gasteiger charge is 2.43. The van der Waals surface area contributed by atoms with Crippen molar-refractivity contribution in [3.8, 4) is 0 Å². The number of esters is 1. The Morgan fingerprint density at radius 3 is 2.02 bits per heavy atom. The predicted octanol–water partition coefficient (Wildman–Crippen LogP) is 4.22. The number of carbonyl (C=O) groups excluding carboxylic acids is 9. The molecule has 4 rings (SSSR count). The number of nitrogens with zero attached hydrogens (tertiary/aromatic N) is 1. The van der Waals surface area contributed by atoms with Gasteiger partial charge in [0.1, 0.15) is 17.7 Å². The lowest BCUT2D eigenvalue weighted by molar-refractivity contribution is -0.155. The van der Waals surface area contributed by atoms with E-state index in [1.165, 1.54) is 29.2 Å². The normalized spacial score (nSPS) is 16.2. The molecule has 1 saturated heterocycles. The van der Waals surface area contributed by atoms with E-state index in [1.807, 2.05) is 30.3 Å². The Balaban J connectivity index is 1.55. The van der Waals surface area contributed by atoms with E-state index in [9.17, 15) is 43.2 Å². The number of carbonyl (C=O) groups is 9. The van der Waals surface area contributed by atoms with Crippen molar-refractivity contribution in [1.29, 1.82) is 0 Å². The summed E-state index contributed by atoms with van der Waals surface area (Å²) >= 11 is 0. The van der Waals surface area contributed by atoms with Crippen LogP contribution in [0.3, 0.4) is 0 Å². The third kappa shape index (κ3) is 15.1. The fraction of sp³-hybridized carbons (Fsp3) is 0.438. The molecular formula is C48H59N5O11. The molecule has 0 aromatic heterocycles. The lowest BCUT2D eigenvalue weighted by Crippen LogP contribution is -2.52. The van der Waals surface area contributed by atoms with Crippen LogP contribution in [0.1, 0.15) is 123 Å². The monoisotopic (exact) mass is 881 g/mol. The summed E-state index contributed by atoms with van der Waals surface area (Å²) in [6.07, 6.45) is -1.33. The van der Waals surface area contributed by atoms with Crippen LogP contribution in [-0.4, -0.2) is 88.1 Å². The van der Waals surface area contributed by atoms with E-state index < -0.39 is 108 Å². The standard InChI is InChI=1S/C48H59N5O11/c1-5-15-32(43(58)38(54)24-25-40(56)52-42(45(50)60)31-18-10-7-11-19-31)26-39(55)37-27-33(63-29-30-16-8-6-9-17-30)28-53(37)47(62)36(22-14-23-41(57)64-48(2,3)4)51-46(61)35-21-13-12-20-34(35)44(49)59/h6-13,16-21,32-33,36-37,42H,5,14-15,22-29H2,1-4H3,(H2,49,59)(H2,50,60)(H,51,61)(H,52,56)/t32?,33-,36+,37+,42+/m1/s1. The van der Waals surface area contributed by atoms with Crippen molar-refractivity contribution in [3.05, 3.63) is 107 Å². The third-order valence-corrected chi connectivity index (χ3v) is 10.6. The van der Waals surface area contributed by atoms with E-state index in [-0.39, 0.29) is 56.4 Å². The molecular weight excluding hydrogens is 823 g/mol. The highest BCUT2D eigenvalue weighted by molar-refractivity contribution is 6.38. The highest BCUT2D eigenvalue weighted by atomic mass is 16.6. The predicted molar refractivity (Wildman–Crippen MR) is 235 cm³/mol. The average Bonchev–Trinajstić information content (AvgIpc) is 3.70. The van der Waals surface area contributed by atoms with Crippen molar-refractivity contribution >= 4 is 52.9 Å². The minimum absolute atomic E-state index is 0.0457. The Bertz CT molecular complexity index is 2160. The molecule has 1 aliphatic heterocycles. The van der Waals surface area contributed by atoms with Gasteiger partial charge in [-0.2, -0.15) is 0 Å². The van der Waals surface area contributed by atoms with Crippen LogP contribution in [0.15, 0.2) is 84.9 Å². The maximum atomic E-state index is 14.7. The second-order valence-corrected chi connectivity index (χ2v) is 16.8. The van der Waals surface area contributed by atoms with Crippen molar-refractivity contribution in [3.63, 3.8) is 0 Å². The molecule has 342 valence electrons. The summed E-state index contributed by atoms with van der Waals surface area (Å²) in [5.74, 6) is -7.60. The summed E-state index contributed by atoms with van der Waals surface area (Å²) in [5, 5.41) is 5.21. The van der Waals surface area contributed by atoms with Crippen molar-refractivity contribution in [1.82, 2.24) is 15.5 Å². The number of nitrogens with one attached hydrogen (secondary N) is 2. The third-order valence-electron chi connectivity index (χ3n) is 10.6. The summed E-state index contributed by atoms with van der Waals surface area (Å²) in [5.41, 5.74) is 11.4. The van der Waals surface area contributed by atoms with E-state index >= 15 is 0 Å². The fourth-order valence-electron chi connectivity index (χ4n) is 7.52. The summed E-state index contributed by atoms with van der Waals surface area (Å²) in [6.45, 7) is 7.05. The molecule has 1 aliphatic rings. The summed E-state index contributed by atoms with van der Waals surface area (Å²) in [6, 6.07) is 19.8. The number of amides is 5. The van der Waals surface area contributed by atoms with E-state index in [1.54, 1.807) is 58.0 Å². The molecule has 0 saturated carbocycles. The number of benzene rings is 3. The number of hydrogen-bond donors (Lipinski definition) is 4. The Kier molecular flexibility index (Phi) is 18.6. The van der Waals surface area contributed by atoms with Gasteiger partial charge in [0.15, 0.2) is 11.6 Å². The Morgan fingerprint density at radius 2 is 1.41 bits per heavy atom. The van der Waals surface area contributed by atoms with E-state index in [4.69, 9.17) is 20.9 Å². The molecule has 1 fully saturated rings. The van der Waals surface area contributed by atoms with Crippen molar-refractivity contribution in [2.45, 2.75) is 122 Å². The van der Waals surface area contributed by atoms with Gasteiger partial charge in [-0.1, -0.05) is 86.1 Å². The van der Waals surface area contributed by atoms with Gasteiger partial charge in [-0.15, -0.1) is 0 Å². The summed E-state index contributed by atoms with van der Waals surface area (Å²) < 4.78 is 11.6. The Labute approximate surface area is 373 Å². The minimum Gasteiger partial charge on any atom is -0.460 e. The fourth-order valence-corrected chi connectivity index (χ4v) is 7.52. The first-order valence-electron chi connectivity index (χ1n) is 21.5. The van der Waals surface area contributed by atoms with Gasteiger partial charge in [-0.3, -0.25) is 43.2 Å². The lowest BCUT2D eigenvalue weighted by Gasteiger charge is -2.29. The van der Waals surface area contributed by atoms with Crippen LogP contribution in [0.2, 0.25) is 0 Å². The lowest BCUT2D eigenvalue weighted by atomic mass is 9.87. The first kappa shape index (κ1) is 50.1. The van der Waals surface area contributed by atoms with Crippen LogP contribution in [0.5, 0.6) is 0 Å². The van der Waals surface area contributed by atoms with Crippen molar-refractivity contribution in [2.24, 2.45) is 17.4 Å². The van der Waals surface area contributed by atoms with Gasteiger partial charge in [0, 0.05) is 44.6 Å². The molecule has 3 aromatic carbocycles. The zero-order valence-electron chi connectivity index (χ0n) is 36.8. The first-order valence-corrected chi connectivity index (χ1v) is 21.5. The second-order valence-electron chi connectivity index (χ2n) is 16.8. The van der Waals surface area contributed by atoms with Gasteiger partial charge in [-0.25, -0.2) is 0 Å². The van der Waals surface area contributed by atoms with Crippen LogP contribution >= 0.6 is 0 Å². The molecule has 6 N–H and O–H groups in total. The Morgan fingerprint density at radius 1 is 0.781 bits per heavy atom. The zero-order valence-corrected chi connectivity index (χ0v) is 36.8. The number of primary amides is 2. The van der Waals surface area contributed by atoms with Gasteiger partial charge in [-0.05, 0) is 63.3 Å². The minimum atomic E-state index is -1.30. The molecule has 0 aliphatic carbocycles. The summed E-state index contributed by atoms with van der Waals surface area (Å²) in [7, 11) is 0. The number of Topliss-reactive ketones (excluding diaryl/α,β-unsaturated/α-hetero) is 3. The zero-order chi connectivity index (χ0) is 47.0.